The van der Waals surface area contributed by atoms with Crippen LogP contribution in [0.15, 0.2) is 30.5 Å². The first-order valence-corrected chi connectivity index (χ1v) is 4.23. The summed E-state index contributed by atoms with van der Waals surface area (Å²) in [6, 6.07) is 3.28. The summed E-state index contributed by atoms with van der Waals surface area (Å²) in [5.74, 6) is 0. The van der Waals surface area contributed by atoms with Gasteiger partial charge in [0, 0.05) is 32.0 Å². The number of nitrogens with one attached hydrogen (secondary N) is 1. The number of alkyl halides is 3. The molecule has 0 saturated heterocycles. The van der Waals surface area contributed by atoms with Gasteiger partial charge in [-0.15, -0.1) is 5.70 Å². The number of hydrogen-bond acceptors (Lipinski definition) is 2. The zero-order valence-corrected chi connectivity index (χ0v) is 10.2. The van der Waals surface area contributed by atoms with Crippen molar-refractivity contribution in [1.29, 1.82) is 0 Å². The molecule has 1 atom stereocenters. The van der Waals surface area contributed by atoms with Crippen LogP contribution in [0.3, 0.4) is 0 Å². The fourth-order valence-corrected chi connectivity index (χ4v) is 1.20. The maximum Gasteiger partial charge on any atom is 0.406 e. The van der Waals surface area contributed by atoms with Crippen LogP contribution in [-0.4, -0.2) is 17.2 Å². The molecule has 0 bridgehead atoms. The molecule has 1 radical (unpaired) electrons. The van der Waals surface area contributed by atoms with Crippen molar-refractivity contribution in [1.82, 2.24) is 10.4 Å². The Labute approximate surface area is 103 Å². The third kappa shape index (κ3) is 2.81. The topological polar surface area (TPSA) is 39.0 Å². The third-order valence-corrected chi connectivity index (χ3v) is 1.93. The van der Waals surface area contributed by atoms with E-state index in [9.17, 15) is 13.2 Å². The second-order valence-corrected chi connectivity index (χ2v) is 3.03. The van der Waals surface area contributed by atoms with E-state index in [2.05, 4.69) is 10.4 Å². The van der Waals surface area contributed by atoms with E-state index in [4.69, 9.17) is 0 Å². The van der Waals surface area contributed by atoms with Gasteiger partial charge in [0.2, 0.25) is 0 Å². The van der Waals surface area contributed by atoms with Gasteiger partial charge in [-0.2, -0.15) is 13.2 Å². The standard InChI is InChI=1S/C9H7F3N3.Ir/c10-9(11,12)8-5-7(14-15-8)6-3-1-2-4-13-6;/h1-5,8,15H;/q-1;. The predicted molar refractivity (Wildman–Crippen MR) is 48.6 cm³/mol. The quantitative estimate of drug-likeness (QED) is 0.777. The van der Waals surface area contributed by atoms with E-state index in [-0.39, 0.29) is 25.8 Å². The van der Waals surface area contributed by atoms with E-state index in [0.29, 0.717) is 5.69 Å². The van der Waals surface area contributed by atoms with Crippen LogP contribution >= 0.6 is 0 Å². The number of hydrogen-bond donors (Lipinski definition) is 1. The van der Waals surface area contributed by atoms with Crippen LogP contribution in [0.1, 0.15) is 5.69 Å². The molecule has 1 aliphatic heterocycles. The maximum atomic E-state index is 12.3. The van der Waals surface area contributed by atoms with Crippen LogP contribution in [0.5, 0.6) is 0 Å². The van der Waals surface area contributed by atoms with Crippen molar-refractivity contribution in [3.05, 3.63) is 41.6 Å². The van der Waals surface area contributed by atoms with Crippen LogP contribution in [0.2, 0.25) is 0 Å². The molecule has 2 heterocycles. The van der Waals surface area contributed by atoms with Gasteiger partial charge >= 0.3 is 6.18 Å². The number of rotatable bonds is 1. The Morgan fingerprint density at radius 2 is 2.06 bits per heavy atom. The molecule has 1 aromatic heterocycles. The molecule has 7 heteroatoms. The van der Waals surface area contributed by atoms with Crippen molar-refractivity contribution in [2.75, 3.05) is 0 Å². The zero-order valence-electron chi connectivity index (χ0n) is 7.83. The summed E-state index contributed by atoms with van der Waals surface area (Å²) in [7, 11) is 0. The number of pyridine rings is 1. The largest absolute Gasteiger partial charge is 0.620 e. The molecule has 1 unspecified atom stereocenters. The Balaban J connectivity index is 0.00000128. The zero-order chi connectivity index (χ0) is 10.9. The van der Waals surface area contributed by atoms with Gasteiger partial charge in [-0.05, 0) is 12.1 Å². The van der Waals surface area contributed by atoms with Crippen LogP contribution in [0.25, 0.3) is 11.1 Å². The molecule has 0 aromatic carbocycles. The summed E-state index contributed by atoms with van der Waals surface area (Å²) >= 11 is 0. The predicted octanol–water partition coefficient (Wildman–Crippen LogP) is 2.24. The van der Waals surface area contributed by atoms with Crippen molar-refractivity contribution in [3.63, 3.8) is 0 Å². The van der Waals surface area contributed by atoms with E-state index in [1.54, 1.807) is 18.2 Å². The Hall–Kier alpha value is -0.911. The van der Waals surface area contributed by atoms with Crippen molar-refractivity contribution < 1.29 is 33.3 Å². The van der Waals surface area contributed by atoms with Crippen molar-refractivity contribution in [2.45, 2.75) is 12.2 Å². The molecule has 1 N–H and O–H groups in total. The van der Waals surface area contributed by atoms with Crippen LogP contribution in [0.4, 0.5) is 13.2 Å². The molecule has 89 valence electrons. The van der Waals surface area contributed by atoms with Crippen LogP contribution < -0.4 is 5.43 Å². The molecule has 16 heavy (non-hydrogen) atoms. The minimum absolute atomic E-state index is 0. The fourth-order valence-electron chi connectivity index (χ4n) is 1.20. The van der Waals surface area contributed by atoms with Gasteiger partial charge in [-0.3, -0.25) is 4.98 Å². The second kappa shape index (κ2) is 4.95. The van der Waals surface area contributed by atoms with E-state index in [1.165, 1.54) is 6.20 Å². The van der Waals surface area contributed by atoms with Gasteiger partial charge in [0.25, 0.3) is 0 Å². The van der Waals surface area contributed by atoms with Crippen molar-refractivity contribution in [2.24, 2.45) is 0 Å². The maximum absolute atomic E-state index is 12.3. The van der Waals surface area contributed by atoms with E-state index in [0.717, 1.165) is 6.08 Å². The van der Waals surface area contributed by atoms with E-state index >= 15 is 0 Å². The molecule has 2 rings (SSSR count). The van der Waals surface area contributed by atoms with Gasteiger partial charge in [0.05, 0.1) is 0 Å². The van der Waals surface area contributed by atoms with Crippen LogP contribution in [-0.2, 0) is 20.1 Å². The second-order valence-electron chi connectivity index (χ2n) is 3.03. The van der Waals surface area contributed by atoms with Gasteiger partial charge < -0.3 is 10.9 Å². The van der Waals surface area contributed by atoms with Gasteiger partial charge in [0.1, 0.15) is 6.04 Å². The normalized spacial score (nSPS) is 19.7. The minimum Gasteiger partial charge on any atom is -0.620 e. The van der Waals surface area contributed by atoms with Gasteiger partial charge in [-0.25, -0.2) is 0 Å². The molecule has 0 spiro atoms. The molecule has 1 aliphatic rings. The van der Waals surface area contributed by atoms with Crippen molar-refractivity contribution in [3.8, 4) is 0 Å². The summed E-state index contributed by atoms with van der Waals surface area (Å²) < 4.78 is 36.8. The summed E-state index contributed by atoms with van der Waals surface area (Å²) in [5.41, 5.74) is 6.24. The first-order chi connectivity index (χ1) is 7.07. The van der Waals surface area contributed by atoms with Crippen LogP contribution in [0, 0.1) is 0 Å². The Kier molecular flexibility index (Phi) is 4.07. The average molecular weight is 406 g/mol. The smallest absolute Gasteiger partial charge is 0.406 e. The molecule has 0 fully saturated rings. The average Bonchev–Trinajstić information content (AvgIpc) is 2.67. The van der Waals surface area contributed by atoms with Gasteiger partial charge in [-0.1, -0.05) is 12.1 Å². The van der Waals surface area contributed by atoms with Gasteiger partial charge in [0.15, 0.2) is 0 Å². The van der Waals surface area contributed by atoms with E-state index < -0.39 is 12.2 Å². The Morgan fingerprint density at radius 3 is 2.56 bits per heavy atom. The SMILES string of the molecule is FC(F)(F)C1C=C(c2ccccn2)[N-]N1.[Ir]. The number of aromatic nitrogens is 1. The molecule has 0 aliphatic carbocycles. The third-order valence-electron chi connectivity index (χ3n) is 1.93. The summed E-state index contributed by atoms with van der Waals surface area (Å²) in [6.45, 7) is 0. The van der Waals surface area contributed by atoms with E-state index in [1.807, 2.05) is 5.43 Å². The summed E-state index contributed by atoms with van der Waals surface area (Å²) in [6.07, 6.45) is -1.80. The van der Waals surface area contributed by atoms with Crippen molar-refractivity contribution >= 4 is 5.70 Å². The molecule has 0 amide bonds. The monoisotopic (exact) mass is 407 g/mol. The summed E-state index contributed by atoms with van der Waals surface area (Å²) in [4.78, 5) is 3.91. The first kappa shape index (κ1) is 13.2. The number of nitrogens with zero attached hydrogens (tertiary/aromatic N) is 2. The molecule has 1 aromatic rings. The molecule has 3 nitrogen and oxygen atoms in total. The fraction of sp³-hybridized carbons (Fsp3) is 0.222. The first-order valence-electron chi connectivity index (χ1n) is 4.23. The Bertz CT molecular complexity index is 377. The molecule has 0 saturated carbocycles. The molecular formula is C9H7F3IrN3-. The Morgan fingerprint density at radius 1 is 1.31 bits per heavy atom. The minimum atomic E-state index is -4.32. The molecular weight excluding hydrogens is 399 g/mol. The number of halogens is 3. The summed E-state index contributed by atoms with van der Waals surface area (Å²) in [5, 5.41) is 0.